The summed E-state index contributed by atoms with van der Waals surface area (Å²) in [7, 11) is 0. The van der Waals surface area contributed by atoms with Crippen LogP contribution in [0.3, 0.4) is 0 Å². The fourth-order valence-corrected chi connectivity index (χ4v) is 3.14. The number of anilines is 1. The van der Waals surface area contributed by atoms with Gasteiger partial charge in [0, 0.05) is 25.5 Å². The van der Waals surface area contributed by atoms with Gasteiger partial charge < -0.3 is 0 Å². The van der Waals surface area contributed by atoms with Gasteiger partial charge in [-0.3, -0.25) is 5.43 Å². The summed E-state index contributed by atoms with van der Waals surface area (Å²) in [6, 6.07) is 16.0. The van der Waals surface area contributed by atoms with Crippen LogP contribution in [0.2, 0.25) is 0 Å². The minimum absolute atomic E-state index is 0.765. The monoisotopic (exact) mass is 435 g/mol. The largest absolute Gasteiger partial charge is 0.253 e. The maximum atomic E-state index is 4.53. The third-order valence-electron chi connectivity index (χ3n) is 2.91. The minimum atomic E-state index is 0.765. The first-order valence-corrected chi connectivity index (χ1v) is 8.94. The summed E-state index contributed by atoms with van der Waals surface area (Å²) in [5.41, 5.74) is 6.01. The standard InChI is InChI=1S/C16H11Br2N3S/c17-13-7-5-11(6-8-13)15-10-22-16(20-15)21-19-9-12-3-1-2-4-14(12)18/h1-10H,(H,20,21). The number of benzene rings is 2. The smallest absolute Gasteiger partial charge is 0.203 e. The molecule has 0 atom stereocenters. The molecule has 2 aromatic carbocycles. The molecule has 3 rings (SSSR count). The first-order chi connectivity index (χ1) is 10.7. The molecular formula is C16H11Br2N3S. The van der Waals surface area contributed by atoms with Crippen LogP contribution in [0.25, 0.3) is 11.3 Å². The van der Waals surface area contributed by atoms with Crippen LogP contribution in [-0.2, 0) is 0 Å². The van der Waals surface area contributed by atoms with Crippen LogP contribution in [0.5, 0.6) is 0 Å². The van der Waals surface area contributed by atoms with Gasteiger partial charge in [-0.1, -0.05) is 62.2 Å². The Morgan fingerprint density at radius 1 is 1.05 bits per heavy atom. The summed E-state index contributed by atoms with van der Waals surface area (Å²) >= 11 is 8.45. The maximum absolute atomic E-state index is 4.53. The van der Waals surface area contributed by atoms with E-state index in [2.05, 4.69) is 47.4 Å². The molecule has 3 nitrogen and oxygen atoms in total. The van der Waals surface area contributed by atoms with Crippen LogP contribution in [-0.4, -0.2) is 11.2 Å². The molecule has 1 N–H and O–H groups in total. The van der Waals surface area contributed by atoms with Crippen molar-refractivity contribution < 1.29 is 0 Å². The van der Waals surface area contributed by atoms with Crippen molar-refractivity contribution in [2.24, 2.45) is 5.10 Å². The van der Waals surface area contributed by atoms with Gasteiger partial charge in [-0.05, 0) is 18.2 Å². The molecule has 0 fully saturated rings. The van der Waals surface area contributed by atoms with Crippen molar-refractivity contribution in [3.8, 4) is 11.3 Å². The van der Waals surface area contributed by atoms with Crippen molar-refractivity contribution in [3.05, 3.63) is 68.4 Å². The molecule has 0 saturated carbocycles. The van der Waals surface area contributed by atoms with E-state index in [0.29, 0.717) is 0 Å². The Labute approximate surface area is 149 Å². The van der Waals surface area contributed by atoms with Gasteiger partial charge in [0.25, 0.3) is 0 Å². The fourth-order valence-electron chi connectivity index (χ4n) is 1.82. The van der Waals surface area contributed by atoms with Gasteiger partial charge in [0.2, 0.25) is 5.13 Å². The van der Waals surface area contributed by atoms with Crippen molar-refractivity contribution in [2.75, 3.05) is 5.43 Å². The minimum Gasteiger partial charge on any atom is -0.253 e. The van der Waals surface area contributed by atoms with Gasteiger partial charge in [-0.15, -0.1) is 11.3 Å². The number of halogens is 2. The lowest BCUT2D eigenvalue weighted by atomic mass is 10.2. The first-order valence-electron chi connectivity index (χ1n) is 6.47. The molecule has 3 aromatic rings. The summed E-state index contributed by atoms with van der Waals surface area (Å²) in [5, 5.41) is 7.01. The van der Waals surface area contributed by atoms with E-state index in [9.17, 15) is 0 Å². The topological polar surface area (TPSA) is 37.3 Å². The summed E-state index contributed by atoms with van der Waals surface area (Å²) in [5.74, 6) is 0. The predicted molar refractivity (Wildman–Crippen MR) is 101 cm³/mol. The molecule has 0 saturated heterocycles. The first kappa shape index (κ1) is 15.4. The third-order valence-corrected chi connectivity index (χ3v) is 4.91. The molecule has 0 aliphatic carbocycles. The van der Waals surface area contributed by atoms with Crippen LogP contribution < -0.4 is 5.43 Å². The van der Waals surface area contributed by atoms with Crippen LogP contribution >= 0.6 is 43.2 Å². The molecule has 0 aliphatic rings. The van der Waals surface area contributed by atoms with Crippen molar-refractivity contribution in [1.29, 1.82) is 0 Å². The zero-order chi connectivity index (χ0) is 15.4. The van der Waals surface area contributed by atoms with Crippen LogP contribution in [0.15, 0.2) is 68.0 Å². The van der Waals surface area contributed by atoms with Gasteiger partial charge in [-0.25, -0.2) is 4.98 Å². The molecule has 0 radical (unpaired) electrons. The Morgan fingerprint density at radius 2 is 1.82 bits per heavy atom. The average Bonchev–Trinajstić information content (AvgIpc) is 2.99. The van der Waals surface area contributed by atoms with E-state index < -0.39 is 0 Å². The van der Waals surface area contributed by atoms with E-state index >= 15 is 0 Å². The Morgan fingerprint density at radius 3 is 2.59 bits per heavy atom. The van der Waals surface area contributed by atoms with E-state index in [1.54, 1.807) is 6.21 Å². The molecule has 110 valence electrons. The fraction of sp³-hybridized carbons (Fsp3) is 0. The molecule has 0 spiro atoms. The number of rotatable bonds is 4. The van der Waals surface area contributed by atoms with Crippen LogP contribution in [0.1, 0.15) is 5.56 Å². The Bertz CT molecular complexity index is 797. The summed E-state index contributed by atoms with van der Waals surface area (Å²) in [6.07, 6.45) is 1.77. The van der Waals surface area contributed by atoms with Gasteiger partial charge in [0.15, 0.2) is 0 Å². The zero-order valence-corrected chi connectivity index (χ0v) is 15.3. The highest BCUT2D eigenvalue weighted by molar-refractivity contribution is 9.10. The molecule has 22 heavy (non-hydrogen) atoms. The van der Waals surface area contributed by atoms with Gasteiger partial charge >= 0.3 is 0 Å². The van der Waals surface area contributed by atoms with E-state index in [4.69, 9.17) is 0 Å². The van der Waals surface area contributed by atoms with E-state index in [0.717, 1.165) is 30.9 Å². The Hall–Kier alpha value is -1.50. The second-order valence-corrected chi connectivity index (χ2v) is 7.06. The van der Waals surface area contributed by atoms with Crippen molar-refractivity contribution in [3.63, 3.8) is 0 Å². The molecule has 1 aromatic heterocycles. The number of hydrogen-bond acceptors (Lipinski definition) is 4. The second kappa shape index (κ2) is 7.17. The van der Waals surface area contributed by atoms with Gasteiger partial charge in [-0.2, -0.15) is 5.10 Å². The number of nitrogens with one attached hydrogen (secondary N) is 1. The van der Waals surface area contributed by atoms with Gasteiger partial charge in [0.1, 0.15) is 0 Å². The molecular weight excluding hydrogens is 426 g/mol. The summed E-state index contributed by atoms with van der Waals surface area (Å²) in [6.45, 7) is 0. The SMILES string of the molecule is Brc1ccc(-c2csc(NN=Cc3ccccc3Br)n2)cc1. The Balaban J connectivity index is 1.70. The Kier molecular flexibility index (Phi) is 5.02. The lowest BCUT2D eigenvalue weighted by molar-refractivity contribution is 1.29. The van der Waals surface area contributed by atoms with Crippen LogP contribution in [0, 0.1) is 0 Å². The normalized spacial score (nSPS) is 11.0. The quantitative estimate of drug-likeness (QED) is 0.415. The molecule has 0 amide bonds. The van der Waals surface area contributed by atoms with E-state index in [1.807, 2.05) is 53.9 Å². The molecule has 0 aliphatic heterocycles. The molecule has 0 bridgehead atoms. The highest BCUT2D eigenvalue weighted by Gasteiger charge is 2.03. The average molecular weight is 437 g/mol. The van der Waals surface area contributed by atoms with Gasteiger partial charge in [0.05, 0.1) is 11.9 Å². The number of hydrogen-bond donors (Lipinski definition) is 1. The lowest BCUT2D eigenvalue weighted by Crippen LogP contribution is -1.90. The zero-order valence-electron chi connectivity index (χ0n) is 11.3. The van der Waals surface area contributed by atoms with E-state index in [-0.39, 0.29) is 0 Å². The number of nitrogens with zero attached hydrogens (tertiary/aromatic N) is 2. The summed E-state index contributed by atoms with van der Waals surface area (Å²) < 4.78 is 2.07. The highest BCUT2D eigenvalue weighted by Crippen LogP contribution is 2.26. The van der Waals surface area contributed by atoms with E-state index in [1.165, 1.54) is 11.3 Å². The second-order valence-electron chi connectivity index (χ2n) is 4.44. The summed E-state index contributed by atoms with van der Waals surface area (Å²) in [4.78, 5) is 4.53. The molecule has 0 unspecified atom stereocenters. The highest BCUT2D eigenvalue weighted by atomic mass is 79.9. The lowest BCUT2D eigenvalue weighted by Gasteiger charge is -1.98. The predicted octanol–water partition coefficient (Wildman–Crippen LogP) is 5.78. The third kappa shape index (κ3) is 3.82. The van der Waals surface area contributed by atoms with Crippen molar-refractivity contribution in [1.82, 2.24) is 4.98 Å². The molecule has 1 heterocycles. The number of hydrazone groups is 1. The maximum Gasteiger partial charge on any atom is 0.203 e. The number of aromatic nitrogens is 1. The van der Waals surface area contributed by atoms with Crippen molar-refractivity contribution in [2.45, 2.75) is 0 Å². The molecule has 6 heteroatoms. The number of thiazole rings is 1. The van der Waals surface area contributed by atoms with Crippen molar-refractivity contribution >= 4 is 54.5 Å². The van der Waals surface area contributed by atoms with Crippen LogP contribution in [0.4, 0.5) is 5.13 Å².